The van der Waals surface area contributed by atoms with Gasteiger partial charge in [0, 0.05) is 25.3 Å². The fourth-order valence-electron chi connectivity index (χ4n) is 1.17. The lowest BCUT2D eigenvalue weighted by Gasteiger charge is -2.02. The third-order valence-corrected chi connectivity index (χ3v) is 1.84. The number of aryl methyl sites for hydroxylation is 1. The average molecular weight is 160 g/mol. The first-order valence-corrected chi connectivity index (χ1v) is 3.73. The lowest BCUT2D eigenvalue weighted by molar-refractivity contribution is -0.584. The first-order valence-electron chi connectivity index (χ1n) is 3.73. The summed E-state index contributed by atoms with van der Waals surface area (Å²) in [6.45, 7) is 1.78. The standard InChI is InChI=1S/C9H8N2O/c1-7-4-5-8-9(11(7)12)3-2-6-10-8/h2-6H,1H3. The summed E-state index contributed by atoms with van der Waals surface area (Å²) in [5.74, 6) is 0. The molecule has 0 bridgehead atoms. The molecule has 0 saturated heterocycles. The molecule has 0 aromatic carbocycles. The lowest BCUT2D eigenvalue weighted by Crippen LogP contribution is -2.30. The molecule has 3 heteroatoms. The Hall–Kier alpha value is -1.64. The van der Waals surface area contributed by atoms with Crippen molar-refractivity contribution in [2.24, 2.45) is 0 Å². The minimum atomic E-state index is 0.623. The molecule has 60 valence electrons. The summed E-state index contributed by atoms with van der Waals surface area (Å²) in [4.78, 5) is 4.06. The second-order valence-corrected chi connectivity index (χ2v) is 2.68. The average Bonchev–Trinajstić information content (AvgIpc) is 2.12. The Morgan fingerprint density at radius 1 is 1.33 bits per heavy atom. The molecule has 0 spiro atoms. The van der Waals surface area contributed by atoms with E-state index in [2.05, 4.69) is 4.98 Å². The van der Waals surface area contributed by atoms with E-state index in [0.717, 1.165) is 10.2 Å². The molecule has 0 aliphatic rings. The van der Waals surface area contributed by atoms with E-state index in [9.17, 15) is 5.21 Å². The molecule has 3 nitrogen and oxygen atoms in total. The van der Waals surface area contributed by atoms with Gasteiger partial charge in [-0.3, -0.25) is 0 Å². The molecule has 0 unspecified atom stereocenters. The summed E-state index contributed by atoms with van der Waals surface area (Å²) in [5.41, 5.74) is 2.05. The fourth-order valence-corrected chi connectivity index (χ4v) is 1.17. The molecule has 2 aromatic rings. The van der Waals surface area contributed by atoms with Crippen LogP contribution in [0.15, 0.2) is 30.5 Å². The SMILES string of the molecule is Cc1ccc2ncccc2[n+]1[O-]. The summed E-state index contributed by atoms with van der Waals surface area (Å²) in [7, 11) is 0. The lowest BCUT2D eigenvalue weighted by atomic mass is 10.3. The molecule has 0 amide bonds. The molecule has 0 aliphatic carbocycles. The van der Waals surface area contributed by atoms with Crippen molar-refractivity contribution in [3.8, 4) is 0 Å². The Morgan fingerprint density at radius 2 is 2.17 bits per heavy atom. The van der Waals surface area contributed by atoms with Crippen LogP contribution < -0.4 is 4.73 Å². The highest BCUT2D eigenvalue weighted by atomic mass is 16.5. The highest BCUT2D eigenvalue weighted by Gasteiger charge is 2.04. The zero-order valence-corrected chi connectivity index (χ0v) is 6.69. The maximum Gasteiger partial charge on any atom is 0.242 e. The van der Waals surface area contributed by atoms with E-state index in [1.54, 1.807) is 31.3 Å². The Labute approximate surface area is 69.9 Å². The highest BCUT2D eigenvalue weighted by molar-refractivity contribution is 5.70. The topological polar surface area (TPSA) is 39.8 Å². The summed E-state index contributed by atoms with van der Waals surface area (Å²) in [5, 5.41) is 11.4. The third-order valence-electron chi connectivity index (χ3n) is 1.84. The van der Waals surface area contributed by atoms with E-state index in [1.807, 2.05) is 6.07 Å². The van der Waals surface area contributed by atoms with Gasteiger partial charge in [0.2, 0.25) is 5.52 Å². The highest BCUT2D eigenvalue weighted by Crippen LogP contribution is 2.05. The number of pyridine rings is 2. The van der Waals surface area contributed by atoms with Crippen LogP contribution in [0.4, 0.5) is 0 Å². The Balaban J connectivity index is 2.91. The summed E-state index contributed by atoms with van der Waals surface area (Å²) < 4.78 is 0.891. The van der Waals surface area contributed by atoms with E-state index >= 15 is 0 Å². The van der Waals surface area contributed by atoms with E-state index in [1.165, 1.54) is 0 Å². The second-order valence-electron chi connectivity index (χ2n) is 2.68. The number of nitrogens with zero attached hydrogens (tertiary/aromatic N) is 2. The van der Waals surface area contributed by atoms with Gasteiger partial charge < -0.3 is 5.21 Å². The molecule has 0 radical (unpaired) electrons. The maximum absolute atomic E-state index is 11.4. The Morgan fingerprint density at radius 3 is 3.00 bits per heavy atom. The minimum Gasteiger partial charge on any atom is -0.618 e. The first-order chi connectivity index (χ1) is 5.79. The van der Waals surface area contributed by atoms with Crippen LogP contribution in [0.25, 0.3) is 11.0 Å². The first kappa shape index (κ1) is 7.03. The fraction of sp³-hybridized carbons (Fsp3) is 0.111. The largest absolute Gasteiger partial charge is 0.618 e. The molecule has 0 fully saturated rings. The molecule has 2 heterocycles. The molecular formula is C9H8N2O. The quantitative estimate of drug-likeness (QED) is 0.428. The van der Waals surface area contributed by atoms with Gasteiger partial charge in [0.25, 0.3) is 0 Å². The van der Waals surface area contributed by atoms with Gasteiger partial charge in [-0.1, -0.05) is 0 Å². The van der Waals surface area contributed by atoms with Crippen LogP contribution in [-0.4, -0.2) is 4.98 Å². The van der Waals surface area contributed by atoms with Gasteiger partial charge in [-0.05, 0) is 12.1 Å². The summed E-state index contributed by atoms with van der Waals surface area (Å²) in [6.07, 6.45) is 1.68. The zero-order chi connectivity index (χ0) is 8.55. The van der Waals surface area contributed by atoms with Crippen LogP contribution in [0.1, 0.15) is 5.69 Å². The van der Waals surface area contributed by atoms with Gasteiger partial charge in [0.05, 0.1) is 0 Å². The monoisotopic (exact) mass is 160 g/mol. The van der Waals surface area contributed by atoms with Crippen LogP contribution in [0, 0.1) is 12.1 Å². The van der Waals surface area contributed by atoms with E-state index < -0.39 is 0 Å². The van der Waals surface area contributed by atoms with Crippen LogP contribution >= 0.6 is 0 Å². The van der Waals surface area contributed by atoms with Crippen molar-refractivity contribution in [3.05, 3.63) is 41.4 Å². The van der Waals surface area contributed by atoms with Crippen molar-refractivity contribution in [1.82, 2.24) is 4.98 Å². The van der Waals surface area contributed by atoms with Crippen molar-refractivity contribution >= 4 is 11.0 Å². The molecule has 2 rings (SSSR count). The third kappa shape index (κ3) is 0.906. The number of hydrogen-bond acceptors (Lipinski definition) is 2. The van der Waals surface area contributed by atoms with Gasteiger partial charge in [-0.2, -0.15) is 4.73 Å². The van der Waals surface area contributed by atoms with Gasteiger partial charge in [0.1, 0.15) is 5.52 Å². The Kier molecular flexibility index (Phi) is 1.43. The maximum atomic E-state index is 11.4. The molecule has 12 heavy (non-hydrogen) atoms. The van der Waals surface area contributed by atoms with Crippen molar-refractivity contribution in [2.45, 2.75) is 6.92 Å². The normalized spacial score (nSPS) is 10.4. The van der Waals surface area contributed by atoms with Crippen LogP contribution in [0.5, 0.6) is 0 Å². The van der Waals surface area contributed by atoms with Gasteiger partial charge in [-0.15, -0.1) is 0 Å². The van der Waals surface area contributed by atoms with E-state index in [-0.39, 0.29) is 0 Å². The van der Waals surface area contributed by atoms with E-state index in [4.69, 9.17) is 0 Å². The van der Waals surface area contributed by atoms with Crippen molar-refractivity contribution in [2.75, 3.05) is 0 Å². The molecular weight excluding hydrogens is 152 g/mol. The number of rotatable bonds is 0. The zero-order valence-electron chi connectivity index (χ0n) is 6.69. The molecule has 2 aromatic heterocycles. The second kappa shape index (κ2) is 2.44. The summed E-state index contributed by atoms with van der Waals surface area (Å²) in [6, 6.07) is 7.14. The predicted molar refractivity (Wildman–Crippen MR) is 45.4 cm³/mol. The van der Waals surface area contributed by atoms with Crippen LogP contribution in [0.3, 0.4) is 0 Å². The molecule has 0 aliphatic heterocycles. The van der Waals surface area contributed by atoms with E-state index in [0.29, 0.717) is 11.2 Å². The van der Waals surface area contributed by atoms with Crippen LogP contribution in [0.2, 0.25) is 0 Å². The molecule has 0 N–H and O–H groups in total. The predicted octanol–water partition coefficient (Wildman–Crippen LogP) is 1.18. The van der Waals surface area contributed by atoms with Crippen LogP contribution in [-0.2, 0) is 0 Å². The van der Waals surface area contributed by atoms with Crippen molar-refractivity contribution < 1.29 is 4.73 Å². The van der Waals surface area contributed by atoms with Crippen molar-refractivity contribution in [3.63, 3.8) is 0 Å². The number of aromatic nitrogens is 2. The Bertz CT molecular complexity index is 426. The van der Waals surface area contributed by atoms with Crippen molar-refractivity contribution in [1.29, 1.82) is 0 Å². The smallest absolute Gasteiger partial charge is 0.242 e. The van der Waals surface area contributed by atoms with Gasteiger partial charge in [0.15, 0.2) is 5.69 Å². The molecule has 0 atom stereocenters. The number of hydrogen-bond donors (Lipinski definition) is 0. The van der Waals surface area contributed by atoms with Gasteiger partial charge in [-0.25, -0.2) is 4.98 Å². The summed E-state index contributed by atoms with van der Waals surface area (Å²) >= 11 is 0. The number of fused-ring (bicyclic) bond motifs is 1. The van der Waals surface area contributed by atoms with Gasteiger partial charge >= 0.3 is 0 Å². The minimum absolute atomic E-state index is 0.623. The molecule has 0 saturated carbocycles.